The number of benzene rings is 1. The topological polar surface area (TPSA) is 38.8 Å². The molecule has 0 aliphatic carbocycles. The Kier molecular flexibility index (Phi) is 3.44. The van der Waals surface area contributed by atoms with Crippen LogP contribution in [-0.4, -0.2) is 24.9 Å². The normalized spacial score (nSPS) is 21.7. The smallest absolute Gasteiger partial charge is 0.354 e. The van der Waals surface area contributed by atoms with E-state index in [1.807, 2.05) is 36.9 Å². The molecule has 1 unspecified atom stereocenters. The minimum absolute atomic E-state index is 0.0526. The van der Waals surface area contributed by atoms with Crippen molar-refractivity contribution in [3.63, 3.8) is 0 Å². The summed E-state index contributed by atoms with van der Waals surface area (Å²) >= 11 is 6.14. The zero-order valence-corrected chi connectivity index (χ0v) is 12.2. The van der Waals surface area contributed by atoms with Crippen molar-refractivity contribution in [3.8, 4) is 0 Å². The summed E-state index contributed by atoms with van der Waals surface area (Å²) in [6, 6.07) is 8.09. The molecule has 3 rings (SSSR count). The Labute approximate surface area is 122 Å². The van der Waals surface area contributed by atoms with Crippen molar-refractivity contribution in [2.75, 3.05) is 11.4 Å². The fourth-order valence-electron chi connectivity index (χ4n) is 2.59. The predicted molar refractivity (Wildman–Crippen MR) is 76.5 cm³/mol. The highest BCUT2D eigenvalue weighted by atomic mass is 35.5. The van der Waals surface area contributed by atoms with Crippen molar-refractivity contribution in [1.29, 1.82) is 0 Å². The molecule has 1 atom stereocenters. The largest absolute Gasteiger partial charge is 0.425 e. The molecule has 0 fully saturated rings. The molecule has 0 amide bonds. The van der Waals surface area contributed by atoms with Crippen molar-refractivity contribution in [3.05, 3.63) is 40.6 Å². The molecule has 4 nitrogen and oxygen atoms in total. The van der Waals surface area contributed by atoms with E-state index in [4.69, 9.17) is 21.1 Å². The van der Waals surface area contributed by atoms with Crippen LogP contribution < -0.4 is 4.90 Å². The van der Waals surface area contributed by atoms with Gasteiger partial charge in [-0.1, -0.05) is 29.8 Å². The molecule has 0 radical (unpaired) electrons. The molecule has 5 heteroatoms. The number of para-hydroxylation sites is 1. The number of halogens is 1. The van der Waals surface area contributed by atoms with Crippen LogP contribution in [0.15, 0.2) is 35.0 Å². The second-order valence-corrected chi connectivity index (χ2v) is 5.53. The van der Waals surface area contributed by atoms with Gasteiger partial charge in [0.05, 0.1) is 6.10 Å². The maximum absolute atomic E-state index is 11.7. The SMILES string of the molecule is CC(C)OC1OC(=O)C(Cl)=C1N1CCc2ccccc21. The van der Waals surface area contributed by atoms with Crippen LogP contribution >= 0.6 is 11.6 Å². The number of carbonyl (C=O) groups is 1. The van der Waals surface area contributed by atoms with E-state index in [9.17, 15) is 4.79 Å². The highest BCUT2D eigenvalue weighted by molar-refractivity contribution is 6.42. The summed E-state index contributed by atoms with van der Waals surface area (Å²) < 4.78 is 10.9. The number of hydrogen-bond acceptors (Lipinski definition) is 4. The predicted octanol–water partition coefficient (Wildman–Crippen LogP) is 2.81. The van der Waals surface area contributed by atoms with Crippen molar-refractivity contribution in [2.45, 2.75) is 32.7 Å². The summed E-state index contributed by atoms with van der Waals surface area (Å²) in [5.41, 5.74) is 2.93. The highest BCUT2D eigenvalue weighted by Gasteiger charge is 2.40. The van der Waals surface area contributed by atoms with E-state index in [1.54, 1.807) is 0 Å². The molecule has 2 heterocycles. The molecule has 2 aliphatic heterocycles. The van der Waals surface area contributed by atoms with Gasteiger partial charge in [-0.25, -0.2) is 4.79 Å². The first kappa shape index (κ1) is 13.5. The first-order valence-electron chi connectivity index (χ1n) is 6.69. The van der Waals surface area contributed by atoms with Gasteiger partial charge in [0.1, 0.15) is 5.70 Å². The van der Waals surface area contributed by atoms with Crippen molar-refractivity contribution >= 4 is 23.3 Å². The lowest BCUT2D eigenvalue weighted by atomic mass is 10.2. The molecule has 0 aromatic heterocycles. The van der Waals surface area contributed by atoms with E-state index < -0.39 is 12.3 Å². The summed E-state index contributed by atoms with van der Waals surface area (Å²) in [7, 11) is 0. The van der Waals surface area contributed by atoms with Gasteiger partial charge in [-0.2, -0.15) is 0 Å². The zero-order chi connectivity index (χ0) is 14.3. The lowest BCUT2D eigenvalue weighted by molar-refractivity contribution is -0.165. The van der Waals surface area contributed by atoms with E-state index in [0.717, 1.165) is 18.7 Å². The molecular weight excluding hydrogens is 278 g/mol. The Bertz CT molecular complexity index is 582. The molecule has 20 heavy (non-hydrogen) atoms. The van der Waals surface area contributed by atoms with Crippen LogP contribution in [0.25, 0.3) is 0 Å². The Balaban J connectivity index is 1.97. The van der Waals surface area contributed by atoms with Gasteiger partial charge in [-0.05, 0) is 31.9 Å². The fourth-order valence-corrected chi connectivity index (χ4v) is 2.82. The summed E-state index contributed by atoms with van der Waals surface area (Å²) in [6.45, 7) is 4.57. The van der Waals surface area contributed by atoms with Crippen LogP contribution in [-0.2, 0) is 20.7 Å². The number of cyclic esters (lactones) is 1. The van der Waals surface area contributed by atoms with Gasteiger partial charge in [0, 0.05) is 12.2 Å². The number of carbonyl (C=O) groups excluding carboxylic acids is 1. The molecule has 1 aromatic carbocycles. The molecule has 1 aromatic rings. The van der Waals surface area contributed by atoms with Gasteiger partial charge in [0.15, 0.2) is 5.03 Å². The van der Waals surface area contributed by atoms with Crippen LogP contribution in [0.5, 0.6) is 0 Å². The number of hydrogen-bond donors (Lipinski definition) is 0. The van der Waals surface area contributed by atoms with Gasteiger partial charge in [0.2, 0.25) is 6.29 Å². The van der Waals surface area contributed by atoms with Crippen LogP contribution in [0.4, 0.5) is 5.69 Å². The lowest BCUT2D eigenvalue weighted by Crippen LogP contribution is -2.31. The maximum Gasteiger partial charge on any atom is 0.354 e. The molecular formula is C15H16ClNO3. The Morgan fingerprint density at radius 2 is 2.15 bits per heavy atom. The van der Waals surface area contributed by atoms with E-state index in [2.05, 4.69) is 6.07 Å². The van der Waals surface area contributed by atoms with Crippen LogP contribution in [0.1, 0.15) is 19.4 Å². The fraction of sp³-hybridized carbons (Fsp3) is 0.400. The van der Waals surface area contributed by atoms with E-state index in [0.29, 0.717) is 5.70 Å². The first-order valence-corrected chi connectivity index (χ1v) is 7.07. The van der Waals surface area contributed by atoms with E-state index in [1.165, 1.54) is 5.56 Å². The Hall–Kier alpha value is -1.52. The van der Waals surface area contributed by atoms with Gasteiger partial charge in [0.25, 0.3) is 0 Å². The minimum Gasteiger partial charge on any atom is -0.425 e. The maximum atomic E-state index is 11.7. The quantitative estimate of drug-likeness (QED) is 0.803. The van der Waals surface area contributed by atoms with Crippen LogP contribution in [0.3, 0.4) is 0 Å². The van der Waals surface area contributed by atoms with Gasteiger partial charge in [-0.3, -0.25) is 0 Å². The summed E-state index contributed by atoms with van der Waals surface area (Å²) in [5, 5.41) is 0.118. The first-order chi connectivity index (χ1) is 9.58. The lowest BCUT2D eigenvalue weighted by Gasteiger charge is -2.26. The number of fused-ring (bicyclic) bond motifs is 1. The van der Waals surface area contributed by atoms with E-state index in [-0.39, 0.29) is 11.1 Å². The molecule has 106 valence electrons. The third-order valence-electron chi connectivity index (χ3n) is 3.42. The van der Waals surface area contributed by atoms with Gasteiger partial charge in [-0.15, -0.1) is 0 Å². The van der Waals surface area contributed by atoms with Gasteiger partial charge < -0.3 is 14.4 Å². The Morgan fingerprint density at radius 3 is 2.90 bits per heavy atom. The highest BCUT2D eigenvalue weighted by Crippen LogP contribution is 2.38. The monoisotopic (exact) mass is 293 g/mol. The van der Waals surface area contributed by atoms with E-state index >= 15 is 0 Å². The number of anilines is 1. The number of nitrogens with zero attached hydrogens (tertiary/aromatic N) is 1. The number of ether oxygens (including phenoxy) is 2. The average Bonchev–Trinajstić information content (AvgIpc) is 2.92. The van der Waals surface area contributed by atoms with Crippen molar-refractivity contribution in [2.24, 2.45) is 0 Å². The summed E-state index contributed by atoms with van der Waals surface area (Å²) in [5.74, 6) is -0.517. The number of esters is 1. The third kappa shape index (κ3) is 2.19. The van der Waals surface area contributed by atoms with Crippen molar-refractivity contribution in [1.82, 2.24) is 0 Å². The standard InChI is InChI=1S/C15H16ClNO3/c1-9(2)19-15-13(12(16)14(18)20-15)17-8-7-10-5-3-4-6-11(10)17/h3-6,9,15H,7-8H2,1-2H3. The molecule has 0 saturated heterocycles. The molecule has 0 saturated carbocycles. The average molecular weight is 294 g/mol. The van der Waals surface area contributed by atoms with Crippen molar-refractivity contribution < 1.29 is 14.3 Å². The Morgan fingerprint density at radius 1 is 1.40 bits per heavy atom. The summed E-state index contributed by atoms with van der Waals surface area (Å²) in [6.07, 6.45) is 0.149. The number of rotatable bonds is 3. The second kappa shape index (κ2) is 5.11. The third-order valence-corrected chi connectivity index (χ3v) is 3.76. The summed E-state index contributed by atoms with van der Waals surface area (Å²) in [4.78, 5) is 13.7. The van der Waals surface area contributed by atoms with Crippen LogP contribution in [0.2, 0.25) is 0 Å². The molecule has 2 aliphatic rings. The van der Waals surface area contributed by atoms with Gasteiger partial charge >= 0.3 is 5.97 Å². The second-order valence-electron chi connectivity index (χ2n) is 5.15. The zero-order valence-electron chi connectivity index (χ0n) is 11.4. The van der Waals surface area contributed by atoms with Crippen LogP contribution in [0, 0.1) is 0 Å². The molecule has 0 spiro atoms. The minimum atomic E-state index is -0.721. The molecule has 0 bridgehead atoms. The molecule has 0 N–H and O–H groups in total.